The molecule has 7 heteroatoms. The Balaban J connectivity index is 2.07. The minimum atomic E-state index is -1.14. The monoisotopic (exact) mass is 406 g/mol. The summed E-state index contributed by atoms with van der Waals surface area (Å²) in [6.07, 6.45) is -0.543. The highest BCUT2D eigenvalue weighted by atomic mass is 16.4. The van der Waals surface area contributed by atoms with Gasteiger partial charge in [0.2, 0.25) is 5.91 Å². The van der Waals surface area contributed by atoms with Crippen LogP contribution in [0.25, 0.3) is 0 Å². The summed E-state index contributed by atoms with van der Waals surface area (Å²) in [7, 11) is 0. The number of nitrogens with zero attached hydrogens (tertiary/aromatic N) is 1. The zero-order valence-electron chi connectivity index (χ0n) is 17.3. The lowest BCUT2D eigenvalue weighted by atomic mass is 10.1. The van der Waals surface area contributed by atoms with Crippen LogP contribution in [-0.2, 0) is 9.59 Å². The van der Waals surface area contributed by atoms with Crippen molar-refractivity contribution >= 4 is 29.1 Å². The van der Waals surface area contributed by atoms with E-state index in [1.54, 1.807) is 18.2 Å². The second kappa shape index (κ2) is 10.1. The molecule has 0 unspecified atom stereocenters. The first kappa shape index (κ1) is 22.5. The number of amides is 1. The van der Waals surface area contributed by atoms with E-state index in [0.29, 0.717) is 17.8 Å². The first-order valence-electron chi connectivity index (χ1n) is 9.50. The Morgan fingerprint density at radius 3 is 2.40 bits per heavy atom. The Morgan fingerprint density at radius 1 is 1.20 bits per heavy atom. The van der Waals surface area contributed by atoms with Crippen molar-refractivity contribution in [3.8, 4) is 11.8 Å². The maximum absolute atomic E-state index is 12.3. The third-order valence-electron chi connectivity index (χ3n) is 4.35. The largest absolute Gasteiger partial charge is 0.481 e. The molecule has 0 aliphatic carbocycles. The lowest BCUT2D eigenvalue weighted by Gasteiger charge is -2.28. The fraction of sp³-hybridized carbons (Fsp3) is 0.261. The van der Waals surface area contributed by atoms with Crippen LogP contribution in [0, 0.1) is 24.2 Å². The number of anilines is 2. The van der Waals surface area contributed by atoms with Crippen molar-refractivity contribution in [3.05, 3.63) is 59.2 Å². The van der Waals surface area contributed by atoms with Crippen molar-refractivity contribution < 1.29 is 14.7 Å². The minimum absolute atomic E-state index is 0.0286. The second-order valence-corrected chi connectivity index (χ2v) is 7.08. The van der Waals surface area contributed by atoms with E-state index in [1.807, 2.05) is 45.0 Å². The van der Waals surface area contributed by atoms with Gasteiger partial charge in [-0.1, -0.05) is 11.8 Å². The van der Waals surface area contributed by atoms with Gasteiger partial charge < -0.3 is 21.1 Å². The normalized spacial score (nSPS) is 10.1. The fourth-order valence-corrected chi connectivity index (χ4v) is 2.98. The van der Waals surface area contributed by atoms with Crippen molar-refractivity contribution in [1.82, 2.24) is 0 Å². The molecule has 0 aromatic heterocycles. The van der Waals surface area contributed by atoms with E-state index >= 15 is 0 Å². The second-order valence-electron chi connectivity index (χ2n) is 7.08. The van der Waals surface area contributed by atoms with Gasteiger partial charge in [-0.3, -0.25) is 15.0 Å². The summed E-state index contributed by atoms with van der Waals surface area (Å²) >= 11 is 0. The highest BCUT2D eigenvalue weighted by molar-refractivity contribution is 6.03. The van der Waals surface area contributed by atoms with Crippen LogP contribution in [0.5, 0.6) is 0 Å². The number of hydrogen-bond donors (Lipinski definition) is 4. The molecule has 2 aromatic rings. The zero-order valence-corrected chi connectivity index (χ0v) is 17.3. The standard InChI is InChI=1S/C23H26N4O3/c1-15(2)27(21(28)14-22(29)30)20-11-6-17(13-16(20)3)5-4-12-26-19-9-7-18(8-10-19)23(24)25/h6-11,13,15,26H,12,14H2,1-3H3,(H3,24,25)(H,29,30). The summed E-state index contributed by atoms with van der Waals surface area (Å²) in [5.74, 6) is 4.57. The number of benzene rings is 2. The summed E-state index contributed by atoms with van der Waals surface area (Å²) in [5.41, 5.74) is 9.32. The van der Waals surface area contributed by atoms with Crippen LogP contribution in [0.3, 0.4) is 0 Å². The lowest BCUT2D eigenvalue weighted by Crippen LogP contribution is -2.38. The number of carboxylic acid groups (broad SMARTS) is 1. The van der Waals surface area contributed by atoms with Gasteiger partial charge in [0.25, 0.3) is 0 Å². The number of rotatable bonds is 7. The van der Waals surface area contributed by atoms with Crippen LogP contribution in [0.4, 0.5) is 11.4 Å². The zero-order chi connectivity index (χ0) is 22.3. The molecule has 0 fully saturated rings. The average Bonchev–Trinajstić information content (AvgIpc) is 2.66. The molecule has 0 aliphatic rings. The Hall–Kier alpha value is -3.79. The van der Waals surface area contributed by atoms with E-state index in [0.717, 1.165) is 16.8 Å². The molecule has 0 saturated heterocycles. The number of nitrogens with one attached hydrogen (secondary N) is 2. The average molecular weight is 406 g/mol. The maximum Gasteiger partial charge on any atom is 0.312 e. The molecule has 0 aliphatic heterocycles. The molecular formula is C23H26N4O3. The minimum Gasteiger partial charge on any atom is -0.481 e. The number of nitrogen functional groups attached to an aromatic ring is 1. The van der Waals surface area contributed by atoms with E-state index in [2.05, 4.69) is 17.2 Å². The predicted octanol–water partition coefficient (Wildman–Crippen LogP) is 2.96. The molecule has 0 heterocycles. The molecule has 0 radical (unpaired) electrons. The van der Waals surface area contributed by atoms with Gasteiger partial charge in [0.1, 0.15) is 12.3 Å². The number of hydrogen-bond acceptors (Lipinski definition) is 4. The van der Waals surface area contributed by atoms with Crippen LogP contribution < -0.4 is 16.0 Å². The molecule has 0 saturated carbocycles. The molecule has 5 N–H and O–H groups in total. The van der Waals surface area contributed by atoms with Gasteiger partial charge in [-0.2, -0.15) is 0 Å². The number of carbonyl (C=O) groups is 2. The van der Waals surface area contributed by atoms with Gasteiger partial charge in [-0.25, -0.2) is 0 Å². The van der Waals surface area contributed by atoms with E-state index in [9.17, 15) is 9.59 Å². The van der Waals surface area contributed by atoms with E-state index in [1.165, 1.54) is 4.90 Å². The highest BCUT2D eigenvalue weighted by Gasteiger charge is 2.22. The molecule has 156 valence electrons. The molecule has 0 atom stereocenters. The Morgan fingerprint density at radius 2 is 1.87 bits per heavy atom. The summed E-state index contributed by atoms with van der Waals surface area (Å²) in [6, 6.07) is 12.6. The number of aliphatic carboxylic acids is 1. The SMILES string of the molecule is Cc1cc(C#CCNc2ccc(C(=N)N)cc2)ccc1N(C(=O)CC(=O)O)C(C)C. The summed E-state index contributed by atoms with van der Waals surface area (Å²) in [5, 5.41) is 19.5. The number of carbonyl (C=O) groups excluding carboxylic acids is 1. The predicted molar refractivity (Wildman–Crippen MR) is 119 cm³/mol. The summed E-state index contributed by atoms with van der Waals surface area (Å²) < 4.78 is 0. The van der Waals surface area contributed by atoms with Crippen molar-refractivity contribution in [2.24, 2.45) is 5.73 Å². The number of aryl methyl sites for hydroxylation is 1. The van der Waals surface area contributed by atoms with Crippen LogP contribution in [-0.4, -0.2) is 35.4 Å². The van der Waals surface area contributed by atoms with Crippen LogP contribution in [0.15, 0.2) is 42.5 Å². The van der Waals surface area contributed by atoms with Crippen molar-refractivity contribution in [2.75, 3.05) is 16.8 Å². The Bertz CT molecular complexity index is 1000. The van der Waals surface area contributed by atoms with Crippen molar-refractivity contribution in [1.29, 1.82) is 5.41 Å². The highest BCUT2D eigenvalue weighted by Crippen LogP contribution is 2.24. The van der Waals surface area contributed by atoms with E-state index in [4.69, 9.17) is 16.2 Å². The topological polar surface area (TPSA) is 120 Å². The van der Waals surface area contributed by atoms with E-state index < -0.39 is 18.3 Å². The van der Waals surface area contributed by atoms with Gasteiger partial charge in [0, 0.05) is 28.5 Å². The first-order valence-corrected chi connectivity index (χ1v) is 9.50. The van der Waals surface area contributed by atoms with Gasteiger partial charge in [-0.05, 0) is 68.8 Å². The number of nitrogens with two attached hydrogens (primary N) is 1. The molecular weight excluding hydrogens is 380 g/mol. The Kier molecular flexibility index (Phi) is 7.59. The fourth-order valence-electron chi connectivity index (χ4n) is 2.98. The first-order chi connectivity index (χ1) is 14.2. The summed E-state index contributed by atoms with van der Waals surface area (Å²) in [4.78, 5) is 24.7. The number of amidine groups is 1. The van der Waals surface area contributed by atoms with Gasteiger partial charge in [0.05, 0.1) is 6.54 Å². The summed E-state index contributed by atoms with van der Waals surface area (Å²) in [6.45, 7) is 6.01. The molecule has 2 rings (SSSR count). The molecule has 0 spiro atoms. The van der Waals surface area contributed by atoms with Crippen LogP contribution in [0.1, 0.15) is 37.0 Å². The van der Waals surface area contributed by atoms with Crippen LogP contribution in [0.2, 0.25) is 0 Å². The van der Waals surface area contributed by atoms with Crippen molar-refractivity contribution in [2.45, 2.75) is 33.2 Å². The van der Waals surface area contributed by atoms with E-state index in [-0.39, 0.29) is 11.9 Å². The Labute approximate surface area is 176 Å². The van der Waals surface area contributed by atoms with Gasteiger partial charge in [0.15, 0.2) is 0 Å². The molecule has 0 bridgehead atoms. The van der Waals surface area contributed by atoms with Crippen LogP contribution >= 0.6 is 0 Å². The van der Waals surface area contributed by atoms with Gasteiger partial charge >= 0.3 is 5.97 Å². The number of carboxylic acids is 1. The third kappa shape index (κ3) is 6.11. The molecule has 1 amide bonds. The van der Waals surface area contributed by atoms with Gasteiger partial charge in [-0.15, -0.1) is 0 Å². The molecule has 2 aromatic carbocycles. The third-order valence-corrected chi connectivity index (χ3v) is 4.35. The quantitative estimate of drug-likeness (QED) is 0.244. The maximum atomic E-state index is 12.3. The smallest absolute Gasteiger partial charge is 0.312 e. The lowest BCUT2D eigenvalue weighted by molar-refractivity contribution is -0.140. The molecule has 30 heavy (non-hydrogen) atoms. The molecule has 7 nitrogen and oxygen atoms in total. The van der Waals surface area contributed by atoms with Crippen molar-refractivity contribution in [3.63, 3.8) is 0 Å².